The van der Waals surface area contributed by atoms with Gasteiger partial charge in [0.15, 0.2) is 0 Å². The van der Waals surface area contributed by atoms with Gasteiger partial charge in [-0.25, -0.2) is 0 Å². The van der Waals surface area contributed by atoms with Gasteiger partial charge in [-0.2, -0.15) is 0 Å². The van der Waals surface area contributed by atoms with Crippen molar-refractivity contribution in [2.45, 2.75) is 6.92 Å². The Morgan fingerprint density at radius 1 is 1.18 bits per heavy atom. The summed E-state index contributed by atoms with van der Waals surface area (Å²) in [6.07, 6.45) is 0. The number of anilines is 2. The Bertz CT molecular complexity index is 271. The van der Waals surface area contributed by atoms with Crippen molar-refractivity contribution < 1.29 is 0 Å². The maximum absolute atomic E-state index is 5.75. The molecule has 4 N–H and O–H groups in total. The van der Waals surface area contributed by atoms with E-state index in [9.17, 15) is 0 Å². The Balaban J connectivity index is 3.46. The minimum atomic E-state index is 0.328. The molecule has 0 saturated carbocycles. The zero-order chi connectivity index (χ0) is 8.59. The van der Waals surface area contributed by atoms with Gasteiger partial charge in [-0.1, -0.05) is 23.2 Å². The van der Waals surface area contributed by atoms with Gasteiger partial charge >= 0.3 is 0 Å². The maximum atomic E-state index is 5.75. The van der Waals surface area contributed by atoms with Crippen LogP contribution in [0.5, 0.6) is 0 Å². The second-order valence-corrected chi connectivity index (χ2v) is 3.08. The second kappa shape index (κ2) is 2.80. The number of halogens is 2. The minimum Gasteiger partial charge on any atom is -0.397 e. The molecule has 1 aromatic rings. The number of aryl methyl sites for hydroxylation is 1. The Labute approximate surface area is 75.1 Å². The molecule has 0 saturated heterocycles. The molecule has 2 nitrogen and oxygen atoms in total. The average molecular weight is 191 g/mol. The van der Waals surface area contributed by atoms with Crippen LogP contribution in [-0.4, -0.2) is 0 Å². The predicted octanol–water partition coefficient (Wildman–Crippen LogP) is 2.47. The third kappa shape index (κ3) is 1.37. The quantitative estimate of drug-likeness (QED) is 0.618. The van der Waals surface area contributed by atoms with Gasteiger partial charge in [0.1, 0.15) is 0 Å². The molecule has 1 aromatic carbocycles. The van der Waals surface area contributed by atoms with Crippen LogP contribution in [0.25, 0.3) is 0 Å². The van der Waals surface area contributed by atoms with E-state index in [-0.39, 0.29) is 0 Å². The van der Waals surface area contributed by atoms with E-state index in [0.29, 0.717) is 21.4 Å². The van der Waals surface area contributed by atoms with Crippen LogP contribution in [0.2, 0.25) is 10.0 Å². The maximum Gasteiger partial charge on any atom is 0.0845 e. The van der Waals surface area contributed by atoms with Gasteiger partial charge in [0, 0.05) is 0 Å². The zero-order valence-electron chi connectivity index (χ0n) is 5.99. The smallest absolute Gasteiger partial charge is 0.0845 e. The van der Waals surface area contributed by atoms with Crippen molar-refractivity contribution in [1.29, 1.82) is 0 Å². The van der Waals surface area contributed by atoms with E-state index in [2.05, 4.69) is 0 Å². The molecule has 0 aliphatic carbocycles. The van der Waals surface area contributed by atoms with Crippen LogP contribution in [0.4, 0.5) is 11.4 Å². The number of hydrogen-bond acceptors (Lipinski definition) is 2. The fourth-order valence-electron chi connectivity index (χ4n) is 0.792. The molecule has 0 fully saturated rings. The molecule has 0 aliphatic rings. The summed E-state index contributed by atoms with van der Waals surface area (Å²) in [6.45, 7) is 1.83. The lowest BCUT2D eigenvalue weighted by atomic mass is 10.2. The van der Waals surface area contributed by atoms with Gasteiger partial charge in [0.2, 0.25) is 0 Å². The molecule has 11 heavy (non-hydrogen) atoms. The van der Waals surface area contributed by atoms with Crippen molar-refractivity contribution in [2.75, 3.05) is 11.5 Å². The molecular formula is C7H8Cl2N2. The molecule has 0 atom stereocenters. The molecule has 4 heteroatoms. The van der Waals surface area contributed by atoms with Crippen molar-refractivity contribution in [3.8, 4) is 0 Å². The van der Waals surface area contributed by atoms with E-state index < -0.39 is 0 Å². The largest absolute Gasteiger partial charge is 0.397 e. The molecule has 0 heterocycles. The molecular weight excluding hydrogens is 183 g/mol. The van der Waals surface area contributed by atoms with Crippen molar-refractivity contribution in [2.24, 2.45) is 0 Å². The highest BCUT2D eigenvalue weighted by Gasteiger charge is 2.07. The summed E-state index contributed by atoms with van der Waals surface area (Å²) in [7, 11) is 0. The summed E-state index contributed by atoms with van der Waals surface area (Å²) < 4.78 is 0. The van der Waals surface area contributed by atoms with Crippen LogP contribution in [0.15, 0.2) is 6.07 Å². The summed E-state index contributed by atoms with van der Waals surface area (Å²) in [5.74, 6) is 0. The standard InChI is InChI=1S/C7H8Cl2N2/c1-3-2-4(10)5(8)6(9)7(3)11/h2H,10-11H2,1H3. The number of hydrogen-bond donors (Lipinski definition) is 2. The van der Waals surface area contributed by atoms with Crippen LogP contribution < -0.4 is 11.5 Å². The predicted molar refractivity (Wildman–Crippen MR) is 50.0 cm³/mol. The first kappa shape index (κ1) is 8.50. The number of nitrogens with two attached hydrogens (primary N) is 2. The van der Waals surface area contributed by atoms with E-state index in [4.69, 9.17) is 34.7 Å². The van der Waals surface area contributed by atoms with Crippen molar-refractivity contribution in [1.82, 2.24) is 0 Å². The fourth-order valence-corrected chi connectivity index (χ4v) is 1.21. The highest BCUT2D eigenvalue weighted by molar-refractivity contribution is 6.45. The number of rotatable bonds is 0. The van der Waals surface area contributed by atoms with Crippen LogP contribution in [0, 0.1) is 6.92 Å². The lowest BCUT2D eigenvalue weighted by Crippen LogP contribution is -1.95. The molecule has 0 spiro atoms. The third-order valence-electron chi connectivity index (χ3n) is 1.48. The van der Waals surface area contributed by atoms with Crippen molar-refractivity contribution >= 4 is 34.6 Å². The Hall–Kier alpha value is -0.600. The molecule has 0 aliphatic heterocycles. The highest BCUT2D eigenvalue weighted by atomic mass is 35.5. The molecule has 0 aromatic heterocycles. The average Bonchev–Trinajstić information content (AvgIpc) is 1.97. The van der Waals surface area contributed by atoms with Crippen molar-refractivity contribution in [3.05, 3.63) is 21.7 Å². The fraction of sp³-hybridized carbons (Fsp3) is 0.143. The lowest BCUT2D eigenvalue weighted by molar-refractivity contribution is 1.47. The number of nitrogen functional groups attached to an aromatic ring is 2. The van der Waals surface area contributed by atoms with Gasteiger partial charge in [0.25, 0.3) is 0 Å². The van der Waals surface area contributed by atoms with Crippen LogP contribution in [0.1, 0.15) is 5.56 Å². The molecule has 0 amide bonds. The topological polar surface area (TPSA) is 52.0 Å². The van der Waals surface area contributed by atoms with E-state index >= 15 is 0 Å². The lowest BCUT2D eigenvalue weighted by Gasteiger charge is -2.06. The van der Waals surface area contributed by atoms with Crippen molar-refractivity contribution in [3.63, 3.8) is 0 Å². The van der Waals surface area contributed by atoms with E-state index in [1.165, 1.54) is 0 Å². The van der Waals surface area contributed by atoms with E-state index in [1.54, 1.807) is 6.07 Å². The van der Waals surface area contributed by atoms with Gasteiger partial charge in [-0.05, 0) is 18.6 Å². The normalized spacial score (nSPS) is 10.1. The summed E-state index contributed by atoms with van der Waals surface area (Å²) in [5.41, 5.74) is 12.9. The molecule has 0 unspecified atom stereocenters. The van der Waals surface area contributed by atoms with Crippen LogP contribution in [-0.2, 0) is 0 Å². The van der Waals surface area contributed by atoms with Gasteiger partial charge in [-0.3, -0.25) is 0 Å². The summed E-state index contributed by atoms with van der Waals surface area (Å²) in [4.78, 5) is 0. The molecule has 0 radical (unpaired) electrons. The Morgan fingerprint density at radius 2 is 1.73 bits per heavy atom. The highest BCUT2D eigenvalue weighted by Crippen LogP contribution is 2.35. The first-order valence-corrected chi connectivity index (χ1v) is 3.79. The first-order valence-electron chi connectivity index (χ1n) is 3.03. The summed E-state index contributed by atoms with van der Waals surface area (Å²) >= 11 is 11.5. The zero-order valence-corrected chi connectivity index (χ0v) is 7.50. The molecule has 0 bridgehead atoms. The van der Waals surface area contributed by atoms with Gasteiger partial charge < -0.3 is 11.5 Å². The van der Waals surface area contributed by atoms with E-state index in [1.807, 2.05) is 6.92 Å². The summed E-state index contributed by atoms with van der Waals surface area (Å²) in [5, 5.41) is 0.666. The van der Waals surface area contributed by atoms with Gasteiger partial charge in [0.05, 0.1) is 21.4 Å². The second-order valence-electron chi connectivity index (χ2n) is 2.32. The molecule has 60 valence electrons. The van der Waals surface area contributed by atoms with Crippen LogP contribution in [0.3, 0.4) is 0 Å². The molecule has 1 rings (SSSR count). The summed E-state index contributed by atoms with van der Waals surface area (Å²) in [6, 6.07) is 1.70. The Morgan fingerprint density at radius 3 is 2.27 bits per heavy atom. The van der Waals surface area contributed by atoms with Crippen LogP contribution >= 0.6 is 23.2 Å². The van der Waals surface area contributed by atoms with Gasteiger partial charge in [-0.15, -0.1) is 0 Å². The van der Waals surface area contributed by atoms with E-state index in [0.717, 1.165) is 5.56 Å². The third-order valence-corrected chi connectivity index (χ3v) is 2.38. The SMILES string of the molecule is Cc1cc(N)c(Cl)c(Cl)c1N. The minimum absolute atomic E-state index is 0.328. The Kier molecular flexibility index (Phi) is 2.16. The first-order chi connectivity index (χ1) is 5.04. The monoisotopic (exact) mass is 190 g/mol. The number of benzene rings is 1.